The monoisotopic (exact) mass is 356 g/mol. The summed E-state index contributed by atoms with van der Waals surface area (Å²) in [5.41, 5.74) is 0. The molecule has 0 radical (unpaired) electrons. The van der Waals surface area contributed by atoms with Crippen LogP contribution in [0.1, 0.15) is 0 Å². The van der Waals surface area contributed by atoms with Crippen molar-refractivity contribution < 1.29 is 5.11 Å². The average Bonchev–Trinajstić information content (AvgIpc) is 2.29. The number of hydrogen-bond donors (Lipinski definition) is 1. The van der Waals surface area contributed by atoms with Crippen LogP contribution in [0.5, 0.6) is 5.75 Å². The molecule has 106 valence electrons. The molecule has 1 heterocycles. The summed E-state index contributed by atoms with van der Waals surface area (Å²) in [6, 6.07) is 8.45. The van der Waals surface area contributed by atoms with E-state index < -0.39 is 29.2 Å². The van der Waals surface area contributed by atoms with Gasteiger partial charge < -0.3 is 5.11 Å². The van der Waals surface area contributed by atoms with Crippen LogP contribution in [-0.2, 0) is 0 Å². The van der Waals surface area contributed by atoms with Crippen LogP contribution >= 0.6 is 0 Å². The molecule has 1 saturated heterocycles. The Bertz CT molecular complexity index is 468. The Morgan fingerprint density at radius 2 is 1.47 bits per heavy atom. The summed E-state index contributed by atoms with van der Waals surface area (Å²) in [4.78, 5) is 0. The van der Waals surface area contributed by atoms with Gasteiger partial charge in [0.2, 0.25) is 0 Å². The second-order valence-corrected chi connectivity index (χ2v) is 71.6. The molecular weight excluding hydrogens is 329 g/mol. The predicted molar refractivity (Wildman–Crippen MR) is 104 cm³/mol. The average molecular weight is 357 g/mol. The molecule has 1 fully saturated rings. The first-order valence-corrected chi connectivity index (χ1v) is 30.4. The molecule has 1 aliphatic heterocycles. The normalized spacial score (nSPS) is 30.5. The SMILES string of the molecule is C[Si]1(C)[SiH2][SiH2][SiH](c2ccc(O)cc2)[Si](C)(C)[Si]1(C)C. The quantitative estimate of drug-likeness (QED) is 0.724. The van der Waals surface area contributed by atoms with Crippen molar-refractivity contribution in [2.75, 3.05) is 0 Å². The highest BCUT2D eigenvalue weighted by molar-refractivity contribution is 8.02. The first kappa shape index (κ1) is 15.7. The van der Waals surface area contributed by atoms with E-state index in [2.05, 4.69) is 51.4 Å². The molecule has 0 saturated carbocycles. The standard InChI is InChI=1S/C12H28OSi6/c1-17(2)15-14-16(18(3,4)19(17,5)6)12-9-7-11(13)8-10-12/h7-10,13,16H,14-15H2,1-6H3. The van der Waals surface area contributed by atoms with Crippen LogP contribution in [0.3, 0.4) is 0 Å². The zero-order chi connectivity index (χ0) is 14.5. The third-order valence-corrected chi connectivity index (χ3v) is 141. The number of benzene rings is 1. The molecule has 7 heteroatoms. The Hall–Kier alpha value is 0.321. The highest BCUT2D eigenvalue weighted by Crippen LogP contribution is 2.33. The summed E-state index contributed by atoms with van der Waals surface area (Å²) in [5, 5.41) is 11.3. The van der Waals surface area contributed by atoms with Crippen LogP contribution in [0.4, 0.5) is 0 Å². The summed E-state index contributed by atoms with van der Waals surface area (Å²) >= 11 is 0. The Morgan fingerprint density at radius 3 is 2.00 bits per heavy atom. The van der Waals surface area contributed by atoms with Crippen LogP contribution in [0.25, 0.3) is 0 Å². The molecule has 1 nitrogen and oxygen atoms in total. The van der Waals surface area contributed by atoms with Gasteiger partial charge in [-0.3, -0.25) is 0 Å². The molecule has 1 unspecified atom stereocenters. The smallest absolute Gasteiger partial charge is 0.115 e. The molecule has 1 N–H and O–H groups in total. The number of hydrogen-bond acceptors (Lipinski definition) is 1. The van der Waals surface area contributed by atoms with Gasteiger partial charge in [0.15, 0.2) is 0 Å². The van der Waals surface area contributed by atoms with Crippen molar-refractivity contribution in [1.82, 2.24) is 0 Å². The van der Waals surface area contributed by atoms with E-state index in [1.807, 2.05) is 12.1 Å². The van der Waals surface area contributed by atoms with Gasteiger partial charge in [-0.1, -0.05) is 56.6 Å². The zero-order valence-corrected chi connectivity index (χ0v) is 20.2. The number of phenolic OH excluding ortho intramolecular Hbond substituents is 1. The van der Waals surface area contributed by atoms with E-state index in [1.165, 1.54) is 0 Å². The van der Waals surface area contributed by atoms with Gasteiger partial charge in [-0.05, 0) is 20.7 Å². The van der Waals surface area contributed by atoms with Crippen LogP contribution in [0, 0.1) is 0 Å². The van der Waals surface area contributed by atoms with E-state index in [0.717, 1.165) is 0 Å². The van der Waals surface area contributed by atoms with E-state index >= 15 is 0 Å². The number of phenols is 1. The topological polar surface area (TPSA) is 20.2 Å². The Morgan fingerprint density at radius 1 is 0.947 bits per heavy atom. The van der Waals surface area contributed by atoms with Gasteiger partial charge in [0.25, 0.3) is 0 Å². The Kier molecular flexibility index (Phi) is 4.09. The predicted octanol–water partition coefficient (Wildman–Crippen LogP) is 0.446. The molecule has 0 spiro atoms. The van der Waals surface area contributed by atoms with Crippen LogP contribution < -0.4 is 5.19 Å². The van der Waals surface area contributed by atoms with Crippen LogP contribution in [0.15, 0.2) is 24.3 Å². The summed E-state index contributed by atoms with van der Waals surface area (Å²) in [6.45, 7) is 16.6. The van der Waals surface area contributed by atoms with Crippen molar-refractivity contribution in [3.63, 3.8) is 0 Å². The summed E-state index contributed by atoms with van der Waals surface area (Å²) in [6.07, 6.45) is 0. The van der Waals surface area contributed by atoms with Crippen LogP contribution in [0.2, 0.25) is 39.3 Å². The molecule has 19 heavy (non-hydrogen) atoms. The molecule has 0 amide bonds. The van der Waals surface area contributed by atoms with Gasteiger partial charge in [0, 0.05) is 37.7 Å². The van der Waals surface area contributed by atoms with E-state index in [1.54, 1.807) is 5.19 Å². The van der Waals surface area contributed by atoms with Crippen molar-refractivity contribution in [1.29, 1.82) is 0 Å². The van der Waals surface area contributed by atoms with Gasteiger partial charge in [0.1, 0.15) is 5.75 Å². The second kappa shape index (κ2) is 4.95. The first-order chi connectivity index (χ1) is 8.59. The molecule has 0 bridgehead atoms. The third-order valence-electron chi connectivity index (χ3n) is 6.53. The molecular formula is C12H28OSi6. The molecule has 0 aromatic heterocycles. The molecule has 1 atom stereocenters. The Balaban J connectivity index is 2.41. The first-order valence-electron chi connectivity index (χ1n) is 7.38. The van der Waals surface area contributed by atoms with E-state index in [9.17, 15) is 5.11 Å². The van der Waals surface area contributed by atoms with Gasteiger partial charge in [-0.15, -0.1) is 0 Å². The van der Waals surface area contributed by atoms with Crippen molar-refractivity contribution in [2.45, 2.75) is 39.3 Å². The fraction of sp³-hybridized carbons (Fsp3) is 0.500. The van der Waals surface area contributed by atoms with Crippen molar-refractivity contribution in [3.8, 4) is 5.75 Å². The lowest BCUT2D eigenvalue weighted by molar-refractivity contribution is 0.475. The fourth-order valence-electron chi connectivity index (χ4n) is 3.78. The molecule has 1 aliphatic rings. The molecule has 0 aliphatic carbocycles. The molecule has 1 aromatic carbocycles. The maximum Gasteiger partial charge on any atom is 0.115 e. The molecule has 2 rings (SSSR count). The van der Waals surface area contributed by atoms with Crippen molar-refractivity contribution >= 4 is 51.5 Å². The maximum atomic E-state index is 9.53. The largest absolute Gasteiger partial charge is 0.508 e. The van der Waals surface area contributed by atoms with Crippen LogP contribution in [-0.4, -0.2) is 51.4 Å². The lowest BCUT2D eigenvalue weighted by Gasteiger charge is -2.56. The highest BCUT2D eigenvalue weighted by atomic mass is 30.2. The maximum absolute atomic E-state index is 9.53. The van der Waals surface area contributed by atoms with E-state index in [0.29, 0.717) is 14.3 Å². The van der Waals surface area contributed by atoms with Crippen molar-refractivity contribution in [3.05, 3.63) is 24.3 Å². The van der Waals surface area contributed by atoms with Gasteiger partial charge in [0.05, 0.1) is 0 Å². The van der Waals surface area contributed by atoms with E-state index in [4.69, 9.17) is 0 Å². The minimum atomic E-state index is -0.987. The van der Waals surface area contributed by atoms with Gasteiger partial charge in [-0.2, -0.15) is 0 Å². The summed E-state index contributed by atoms with van der Waals surface area (Å²) < 4.78 is 0. The number of aromatic hydroxyl groups is 1. The second-order valence-electron chi connectivity index (χ2n) is 7.91. The summed E-state index contributed by atoms with van der Waals surface area (Å²) in [5.74, 6) is 0.443. The fourth-order valence-corrected chi connectivity index (χ4v) is 241. The lowest BCUT2D eigenvalue weighted by Crippen LogP contribution is -2.86. The van der Waals surface area contributed by atoms with Gasteiger partial charge in [-0.25, -0.2) is 0 Å². The minimum Gasteiger partial charge on any atom is -0.508 e. The lowest BCUT2D eigenvalue weighted by atomic mass is 10.3. The minimum absolute atomic E-state index is 0.289. The highest BCUT2D eigenvalue weighted by Gasteiger charge is 2.58. The summed E-state index contributed by atoms with van der Waals surface area (Å²) in [7, 11) is -2.64. The van der Waals surface area contributed by atoms with Crippen molar-refractivity contribution in [2.24, 2.45) is 0 Å². The number of rotatable bonds is 1. The van der Waals surface area contributed by atoms with E-state index in [-0.39, 0.29) is 8.55 Å². The molecule has 1 aromatic rings. The zero-order valence-electron chi connectivity index (χ0n) is 13.2. The third kappa shape index (κ3) is 2.48. The van der Waals surface area contributed by atoms with Gasteiger partial charge >= 0.3 is 0 Å². The Labute approximate surface area is 125 Å².